The zero-order valence-corrected chi connectivity index (χ0v) is 18.1. The highest BCUT2D eigenvalue weighted by Gasteiger charge is 2.31. The van der Waals surface area contributed by atoms with Gasteiger partial charge in [0.05, 0.1) is 13.7 Å². The minimum Gasteiger partial charge on any atom is -0.495 e. The summed E-state index contributed by atoms with van der Waals surface area (Å²) in [4.78, 5) is 2.50. The van der Waals surface area contributed by atoms with Crippen LogP contribution in [0.2, 0.25) is 0 Å². The number of rotatable bonds is 5. The molecule has 0 saturated carbocycles. The second-order valence-electron chi connectivity index (χ2n) is 7.02. The molecule has 0 unspecified atom stereocenters. The van der Waals surface area contributed by atoms with E-state index in [0.29, 0.717) is 36.4 Å². The first-order valence-corrected chi connectivity index (χ1v) is 11.5. The summed E-state index contributed by atoms with van der Waals surface area (Å²) >= 11 is 3.35. The van der Waals surface area contributed by atoms with Gasteiger partial charge in [0.15, 0.2) is 0 Å². The van der Waals surface area contributed by atoms with Gasteiger partial charge in [-0.25, -0.2) is 8.42 Å². The minimum atomic E-state index is -3.60. The highest BCUT2D eigenvalue weighted by atomic mass is 79.9. The van der Waals surface area contributed by atoms with Gasteiger partial charge in [-0.1, -0.05) is 28.1 Å². The number of fused-ring (bicyclic) bond motifs is 1. The van der Waals surface area contributed by atoms with Crippen molar-refractivity contribution < 1.29 is 17.9 Å². The molecule has 4 rings (SSSR count). The fraction of sp³-hybridized carbons (Fsp3) is 0.400. The van der Waals surface area contributed by atoms with Crippen molar-refractivity contribution in [3.8, 4) is 11.5 Å². The average Bonchev–Trinajstić information content (AvgIpc) is 3.16. The minimum absolute atomic E-state index is 0.205. The molecule has 1 fully saturated rings. The van der Waals surface area contributed by atoms with Gasteiger partial charge in [-0.3, -0.25) is 4.90 Å². The van der Waals surface area contributed by atoms with E-state index in [1.807, 2.05) is 6.07 Å². The van der Waals surface area contributed by atoms with Crippen molar-refractivity contribution in [2.24, 2.45) is 0 Å². The van der Waals surface area contributed by atoms with Gasteiger partial charge in [-0.15, -0.1) is 0 Å². The number of halogens is 1. The lowest BCUT2D eigenvalue weighted by molar-refractivity contribution is 0.181. The number of hydrogen-bond acceptors (Lipinski definition) is 5. The Morgan fingerprint density at radius 3 is 2.64 bits per heavy atom. The van der Waals surface area contributed by atoms with E-state index in [0.717, 1.165) is 25.3 Å². The number of methoxy groups -OCH3 is 1. The summed E-state index contributed by atoms with van der Waals surface area (Å²) < 4.78 is 39.3. The van der Waals surface area contributed by atoms with E-state index in [1.54, 1.807) is 22.5 Å². The number of ether oxygens (including phenoxy) is 2. The molecule has 0 aromatic heterocycles. The summed E-state index contributed by atoms with van der Waals surface area (Å²) in [6.45, 7) is 3.90. The van der Waals surface area contributed by atoms with Crippen molar-refractivity contribution >= 4 is 26.0 Å². The van der Waals surface area contributed by atoms with Crippen LogP contribution in [0.1, 0.15) is 11.1 Å². The molecule has 0 spiro atoms. The van der Waals surface area contributed by atoms with Crippen molar-refractivity contribution in [2.75, 3.05) is 39.9 Å². The maximum atomic E-state index is 13.1. The summed E-state index contributed by atoms with van der Waals surface area (Å²) in [6, 6.07) is 11.4. The van der Waals surface area contributed by atoms with Crippen molar-refractivity contribution in [2.45, 2.75) is 17.9 Å². The van der Waals surface area contributed by atoms with Crippen LogP contribution in [0.25, 0.3) is 0 Å². The summed E-state index contributed by atoms with van der Waals surface area (Å²) in [6.07, 6.45) is 0.962. The molecule has 6 nitrogen and oxygen atoms in total. The van der Waals surface area contributed by atoms with Crippen molar-refractivity contribution in [3.63, 3.8) is 0 Å². The zero-order valence-electron chi connectivity index (χ0n) is 15.7. The molecule has 2 aromatic rings. The van der Waals surface area contributed by atoms with Gasteiger partial charge in [-0.05, 0) is 35.4 Å². The monoisotopic (exact) mass is 466 g/mol. The Labute approximate surface area is 174 Å². The summed E-state index contributed by atoms with van der Waals surface area (Å²) in [5.74, 6) is 1.36. The lowest BCUT2D eigenvalue weighted by Crippen LogP contribution is -2.48. The van der Waals surface area contributed by atoms with Crippen molar-refractivity contribution in [1.29, 1.82) is 0 Å². The Morgan fingerprint density at radius 1 is 1.11 bits per heavy atom. The van der Waals surface area contributed by atoms with Gasteiger partial charge < -0.3 is 9.47 Å². The Bertz CT molecular complexity index is 972. The molecular weight excluding hydrogens is 444 g/mol. The summed E-state index contributed by atoms with van der Waals surface area (Å²) in [5, 5.41) is 0. The number of piperazine rings is 1. The molecule has 0 aliphatic carbocycles. The van der Waals surface area contributed by atoms with Crippen LogP contribution in [0.5, 0.6) is 11.5 Å². The maximum Gasteiger partial charge on any atom is 0.246 e. The van der Waals surface area contributed by atoms with E-state index in [2.05, 4.69) is 33.0 Å². The lowest BCUT2D eigenvalue weighted by Gasteiger charge is -2.34. The Morgan fingerprint density at radius 2 is 1.89 bits per heavy atom. The topological polar surface area (TPSA) is 59.1 Å². The van der Waals surface area contributed by atoms with E-state index in [1.165, 1.54) is 18.2 Å². The lowest BCUT2D eigenvalue weighted by atomic mass is 10.1. The predicted molar refractivity (Wildman–Crippen MR) is 110 cm³/mol. The molecular formula is C20H23BrN2O4S. The zero-order chi connectivity index (χ0) is 19.7. The molecule has 0 N–H and O–H groups in total. The molecule has 2 aliphatic rings. The van der Waals surface area contributed by atoms with E-state index < -0.39 is 10.0 Å². The molecule has 150 valence electrons. The third-order valence-electron chi connectivity index (χ3n) is 5.23. The summed E-state index contributed by atoms with van der Waals surface area (Å²) in [5.41, 5.74) is 2.51. The fourth-order valence-electron chi connectivity index (χ4n) is 3.72. The van der Waals surface area contributed by atoms with Gasteiger partial charge in [0.1, 0.15) is 16.4 Å². The molecule has 2 aromatic carbocycles. The third kappa shape index (κ3) is 3.91. The van der Waals surface area contributed by atoms with Crippen LogP contribution < -0.4 is 9.47 Å². The van der Waals surface area contributed by atoms with Gasteiger partial charge >= 0.3 is 0 Å². The first-order chi connectivity index (χ1) is 13.5. The average molecular weight is 467 g/mol. The fourth-order valence-corrected chi connectivity index (χ4v) is 5.83. The molecule has 0 atom stereocenters. The molecule has 28 heavy (non-hydrogen) atoms. The number of hydrogen-bond donors (Lipinski definition) is 0. The van der Waals surface area contributed by atoms with Gasteiger partial charge in [0.25, 0.3) is 0 Å². The molecule has 1 saturated heterocycles. The Kier molecular flexibility index (Phi) is 5.64. The quantitative estimate of drug-likeness (QED) is 0.677. The normalized spacial score (nSPS) is 17.9. The first-order valence-electron chi connectivity index (χ1n) is 9.28. The van der Waals surface area contributed by atoms with Crippen LogP contribution in [0.4, 0.5) is 0 Å². The van der Waals surface area contributed by atoms with E-state index in [4.69, 9.17) is 9.47 Å². The van der Waals surface area contributed by atoms with Gasteiger partial charge in [0.2, 0.25) is 10.0 Å². The second kappa shape index (κ2) is 8.02. The van der Waals surface area contributed by atoms with E-state index in [-0.39, 0.29) is 4.90 Å². The van der Waals surface area contributed by atoms with Crippen molar-refractivity contribution in [3.05, 3.63) is 52.0 Å². The molecule has 2 heterocycles. The summed E-state index contributed by atoms with van der Waals surface area (Å²) in [7, 11) is -2.11. The highest BCUT2D eigenvalue weighted by molar-refractivity contribution is 9.10. The van der Waals surface area contributed by atoms with Crippen LogP contribution in [-0.4, -0.2) is 57.5 Å². The van der Waals surface area contributed by atoms with Crippen LogP contribution in [-0.2, 0) is 23.0 Å². The van der Waals surface area contributed by atoms with E-state index >= 15 is 0 Å². The van der Waals surface area contributed by atoms with E-state index in [9.17, 15) is 8.42 Å². The highest BCUT2D eigenvalue weighted by Crippen LogP contribution is 2.31. The molecule has 0 amide bonds. The second-order valence-corrected chi connectivity index (χ2v) is 9.84. The van der Waals surface area contributed by atoms with Gasteiger partial charge in [0, 0.05) is 43.6 Å². The van der Waals surface area contributed by atoms with Crippen LogP contribution >= 0.6 is 15.9 Å². The molecule has 0 radical (unpaired) electrons. The number of benzene rings is 2. The molecule has 8 heteroatoms. The van der Waals surface area contributed by atoms with Gasteiger partial charge in [-0.2, -0.15) is 4.31 Å². The predicted octanol–water partition coefficient (Wildman–Crippen LogP) is 2.90. The standard InChI is InChI=1S/C20H23BrN2O4S/c1-26-19-5-3-17(21)13-20(19)28(24,25)23-9-7-22(8-10-23)14-15-2-4-18-16(12-15)6-11-27-18/h2-5,12-13H,6-11,14H2,1H3. The smallest absolute Gasteiger partial charge is 0.246 e. The number of nitrogens with zero attached hydrogens (tertiary/aromatic N) is 2. The van der Waals surface area contributed by atoms with Crippen LogP contribution in [0.3, 0.4) is 0 Å². The van der Waals surface area contributed by atoms with Crippen LogP contribution in [0, 0.1) is 0 Å². The largest absolute Gasteiger partial charge is 0.495 e. The van der Waals surface area contributed by atoms with Crippen molar-refractivity contribution in [1.82, 2.24) is 9.21 Å². The maximum absolute atomic E-state index is 13.1. The third-order valence-corrected chi connectivity index (χ3v) is 7.65. The first kappa shape index (κ1) is 19.7. The van der Waals surface area contributed by atoms with Crippen LogP contribution in [0.15, 0.2) is 45.8 Å². The Hall–Kier alpha value is -1.61. The SMILES string of the molecule is COc1ccc(Br)cc1S(=O)(=O)N1CCN(Cc2ccc3c(c2)CCO3)CC1. The Balaban J connectivity index is 1.43. The molecule has 2 aliphatic heterocycles. The molecule has 0 bridgehead atoms. The number of sulfonamides is 1.